The fraction of sp³-hybridized carbons (Fsp3) is 0.0323. The molecule has 0 spiro atoms. The van der Waals surface area contributed by atoms with E-state index in [9.17, 15) is 0 Å². The van der Waals surface area contributed by atoms with E-state index < -0.39 is 0 Å². The number of hydrogen-bond acceptors (Lipinski definition) is 1. The minimum Gasteiger partial charge on any atom is -0.388 e. The van der Waals surface area contributed by atoms with E-state index >= 15 is 0 Å². The Bertz CT molecular complexity index is 1580. The molecule has 1 aromatic heterocycles. The zero-order chi connectivity index (χ0) is 22.2. The first-order chi connectivity index (χ1) is 16.3. The number of rotatable bonds is 4. The van der Waals surface area contributed by atoms with E-state index in [-0.39, 0.29) is 0 Å². The number of benzene rings is 5. The predicted octanol–water partition coefficient (Wildman–Crippen LogP) is 8.16. The van der Waals surface area contributed by atoms with E-state index in [0.29, 0.717) is 0 Å². The monoisotopic (exact) mass is 424 g/mol. The highest BCUT2D eigenvalue weighted by Crippen LogP contribution is 2.37. The van der Waals surface area contributed by atoms with E-state index in [1.807, 2.05) is 7.05 Å². The van der Waals surface area contributed by atoms with E-state index in [4.69, 9.17) is 0 Å². The first kappa shape index (κ1) is 19.4. The van der Waals surface area contributed by atoms with E-state index in [1.165, 1.54) is 49.7 Å². The molecule has 1 N–H and O–H groups in total. The van der Waals surface area contributed by atoms with Gasteiger partial charge >= 0.3 is 0 Å². The Morgan fingerprint density at radius 2 is 1.15 bits per heavy atom. The molecule has 0 fully saturated rings. The molecule has 0 atom stereocenters. The molecule has 33 heavy (non-hydrogen) atoms. The van der Waals surface area contributed by atoms with Crippen molar-refractivity contribution in [2.45, 2.75) is 0 Å². The molecular weight excluding hydrogens is 400 g/mol. The number of para-hydroxylation sites is 2. The summed E-state index contributed by atoms with van der Waals surface area (Å²) in [5.41, 5.74) is 9.62. The zero-order valence-corrected chi connectivity index (χ0v) is 18.5. The lowest BCUT2D eigenvalue weighted by Gasteiger charge is -2.13. The van der Waals surface area contributed by atoms with Gasteiger partial charge in [0.1, 0.15) is 0 Å². The molecule has 0 bridgehead atoms. The van der Waals surface area contributed by atoms with Gasteiger partial charge in [0.2, 0.25) is 0 Å². The maximum atomic E-state index is 3.34. The minimum absolute atomic E-state index is 1.13. The summed E-state index contributed by atoms with van der Waals surface area (Å²) in [4.78, 5) is 0. The lowest BCUT2D eigenvalue weighted by Crippen LogP contribution is -1.93. The third-order valence-corrected chi connectivity index (χ3v) is 6.39. The van der Waals surface area contributed by atoms with Crippen LogP contribution in [0.4, 0.5) is 5.69 Å². The van der Waals surface area contributed by atoms with Crippen LogP contribution in [-0.4, -0.2) is 11.6 Å². The van der Waals surface area contributed by atoms with Crippen molar-refractivity contribution in [3.8, 4) is 27.9 Å². The molecule has 2 nitrogen and oxygen atoms in total. The number of nitrogens with zero attached hydrogens (tertiary/aromatic N) is 1. The van der Waals surface area contributed by atoms with Gasteiger partial charge in [-0.2, -0.15) is 0 Å². The van der Waals surface area contributed by atoms with Crippen molar-refractivity contribution in [2.24, 2.45) is 0 Å². The summed E-state index contributed by atoms with van der Waals surface area (Å²) >= 11 is 0. The summed E-state index contributed by atoms with van der Waals surface area (Å²) in [5, 5.41) is 5.89. The van der Waals surface area contributed by atoms with Gasteiger partial charge in [0, 0.05) is 34.8 Å². The van der Waals surface area contributed by atoms with Crippen LogP contribution in [0.5, 0.6) is 0 Å². The molecule has 0 amide bonds. The molecule has 0 saturated heterocycles. The second kappa shape index (κ2) is 7.99. The lowest BCUT2D eigenvalue weighted by molar-refractivity contribution is 1.18. The van der Waals surface area contributed by atoms with Crippen molar-refractivity contribution < 1.29 is 0 Å². The normalized spacial score (nSPS) is 11.2. The molecule has 0 radical (unpaired) electrons. The minimum atomic E-state index is 1.13. The Morgan fingerprint density at radius 1 is 0.515 bits per heavy atom. The second-order valence-electron chi connectivity index (χ2n) is 8.30. The molecule has 158 valence electrons. The van der Waals surface area contributed by atoms with Gasteiger partial charge in [-0.25, -0.2) is 0 Å². The van der Waals surface area contributed by atoms with Crippen LogP contribution in [0.25, 0.3) is 49.7 Å². The highest BCUT2D eigenvalue weighted by Gasteiger charge is 2.13. The van der Waals surface area contributed by atoms with Crippen LogP contribution in [0.3, 0.4) is 0 Å². The van der Waals surface area contributed by atoms with E-state index in [1.54, 1.807) is 0 Å². The summed E-state index contributed by atoms with van der Waals surface area (Å²) in [5.74, 6) is 0. The van der Waals surface area contributed by atoms with Gasteiger partial charge in [0.25, 0.3) is 0 Å². The van der Waals surface area contributed by atoms with Gasteiger partial charge in [0.05, 0.1) is 11.0 Å². The molecule has 0 aliphatic carbocycles. The zero-order valence-electron chi connectivity index (χ0n) is 18.5. The maximum Gasteiger partial charge on any atom is 0.0541 e. The van der Waals surface area contributed by atoms with Crippen LogP contribution in [0.2, 0.25) is 0 Å². The van der Waals surface area contributed by atoms with Crippen LogP contribution < -0.4 is 5.32 Å². The third kappa shape index (κ3) is 3.28. The molecule has 5 aromatic carbocycles. The van der Waals surface area contributed by atoms with Crippen LogP contribution in [0, 0.1) is 0 Å². The van der Waals surface area contributed by atoms with Gasteiger partial charge < -0.3 is 9.88 Å². The average Bonchev–Trinajstić information content (AvgIpc) is 3.23. The van der Waals surface area contributed by atoms with Crippen molar-refractivity contribution in [2.75, 3.05) is 12.4 Å². The van der Waals surface area contributed by atoms with Crippen molar-refractivity contribution >= 4 is 27.5 Å². The number of anilines is 1. The summed E-state index contributed by atoms with van der Waals surface area (Å²) in [7, 11) is 1.98. The smallest absolute Gasteiger partial charge is 0.0541 e. The Labute approximate surface area is 193 Å². The number of aromatic nitrogens is 1. The highest BCUT2D eigenvalue weighted by atomic mass is 15.0. The molecule has 1 heterocycles. The van der Waals surface area contributed by atoms with Crippen molar-refractivity contribution in [1.82, 2.24) is 4.57 Å². The van der Waals surface area contributed by atoms with Crippen molar-refractivity contribution in [3.05, 3.63) is 121 Å². The van der Waals surface area contributed by atoms with Gasteiger partial charge in [-0.3, -0.25) is 0 Å². The first-order valence-electron chi connectivity index (χ1n) is 11.3. The molecule has 0 aliphatic heterocycles. The van der Waals surface area contributed by atoms with E-state index in [2.05, 4.69) is 131 Å². The molecule has 6 rings (SSSR count). The summed E-state index contributed by atoms with van der Waals surface area (Å²) in [6, 6.07) is 43.3. The Balaban J connectivity index is 1.57. The van der Waals surface area contributed by atoms with Crippen molar-refractivity contribution in [3.63, 3.8) is 0 Å². The maximum absolute atomic E-state index is 3.34. The number of nitrogens with one attached hydrogen (secondary N) is 1. The van der Waals surface area contributed by atoms with Crippen LogP contribution in [0.15, 0.2) is 121 Å². The van der Waals surface area contributed by atoms with Crippen LogP contribution >= 0.6 is 0 Å². The summed E-state index contributed by atoms with van der Waals surface area (Å²) < 4.78 is 2.36. The largest absolute Gasteiger partial charge is 0.388 e. The Kier molecular flexibility index (Phi) is 4.70. The number of fused-ring (bicyclic) bond motifs is 3. The predicted molar refractivity (Wildman–Crippen MR) is 141 cm³/mol. The first-order valence-corrected chi connectivity index (χ1v) is 11.3. The summed E-state index contributed by atoms with van der Waals surface area (Å²) in [6.45, 7) is 0. The standard InChI is InChI=1S/C31H24N2/c1-32-29-18-16-23(20-27(29)22-10-4-2-5-11-22)24-17-19-31-28(21-24)26-14-8-9-15-30(26)33(31)25-12-6-3-7-13-25/h2-21,32H,1H3. The third-order valence-electron chi connectivity index (χ3n) is 6.39. The lowest BCUT2D eigenvalue weighted by atomic mass is 9.96. The van der Waals surface area contributed by atoms with Crippen LogP contribution in [0.1, 0.15) is 0 Å². The van der Waals surface area contributed by atoms with Crippen LogP contribution in [-0.2, 0) is 0 Å². The number of hydrogen-bond donors (Lipinski definition) is 1. The second-order valence-corrected chi connectivity index (χ2v) is 8.30. The quantitative estimate of drug-likeness (QED) is 0.302. The fourth-order valence-electron chi connectivity index (χ4n) is 4.81. The van der Waals surface area contributed by atoms with Crippen molar-refractivity contribution in [1.29, 1.82) is 0 Å². The topological polar surface area (TPSA) is 17.0 Å². The van der Waals surface area contributed by atoms with Gasteiger partial charge in [0.15, 0.2) is 0 Å². The van der Waals surface area contributed by atoms with Gasteiger partial charge in [-0.05, 0) is 59.2 Å². The highest BCUT2D eigenvalue weighted by molar-refractivity contribution is 6.10. The molecule has 0 saturated carbocycles. The molecular formula is C31H24N2. The molecule has 2 heteroatoms. The fourth-order valence-corrected chi connectivity index (χ4v) is 4.81. The van der Waals surface area contributed by atoms with E-state index in [0.717, 1.165) is 5.69 Å². The SMILES string of the molecule is CNc1ccc(-c2ccc3c(c2)c2ccccc2n3-c2ccccc2)cc1-c1ccccc1. The average molecular weight is 425 g/mol. The molecule has 6 aromatic rings. The molecule has 0 aliphatic rings. The summed E-state index contributed by atoms with van der Waals surface area (Å²) in [6.07, 6.45) is 0. The Hall–Kier alpha value is -4.30. The Morgan fingerprint density at radius 3 is 1.94 bits per heavy atom. The van der Waals surface area contributed by atoms with Gasteiger partial charge in [-0.1, -0.05) is 78.9 Å². The van der Waals surface area contributed by atoms with Gasteiger partial charge in [-0.15, -0.1) is 0 Å². The molecule has 0 unspecified atom stereocenters.